The van der Waals surface area contributed by atoms with Crippen LogP contribution in [0.5, 0.6) is 0 Å². The number of piperidine rings is 1. The lowest BCUT2D eigenvalue weighted by Crippen LogP contribution is -2.43. The zero-order valence-electron chi connectivity index (χ0n) is 17.9. The fraction of sp³-hybridized carbons (Fsp3) is 0.292. The van der Waals surface area contributed by atoms with Crippen molar-refractivity contribution >= 4 is 41.1 Å². The van der Waals surface area contributed by atoms with E-state index in [-0.39, 0.29) is 24.3 Å². The minimum atomic E-state index is -0.337. The minimum absolute atomic E-state index is 0.0338. The van der Waals surface area contributed by atoms with Crippen molar-refractivity contribution in [3.8, 4) is 0 Å². The standard InChI is InChI=1S/C24H24Cl2N4O3/c25-19-3-5-21(26)18(14-19)16-30-12-9-27-24(30)17-7-10-29(11-8-17)23(32)15-28-22(31)6-4-20-2-1-13-33-20/h1-6,9,12-14,17H,7-8,10-11,15-16H2,(H,28,31). The third-order valence-electron chi connectivity index (χ3n) is 5.66. The van der Waals surface area contributed by atoms with Gasteiger partial charge < -0.3 is 19.2 Å². The Balaban J connectivity index is 1.28. The minimum Gasteiger partial charge on any atom is -0.465 e. The van der Waals surface area contributed by atoms with Crippen molar-refractivity contribution in [1.82, 2.24) is 19.8 Å². The number of furan rings is 1. The highest BCUT2D eigenvalue weighted by Gasteiger charge is 2.26. The molecule has 1 aliphatic heterocycles. The highest BCUT2D eigenvalue weighted by Crippen LogP contribution is 2.28. The lowest BCUT2D eigenvalue weighted by Gasteiger charge is -2.32. The summed E-state index contributed by atoms with van der Waals surface area (Å²) in [7, 11) is 0. The van der Waals surface area contributed by atoms with Gasteiger partial charge in [0.2, 0.25) is 11.8 Å². The number of nitrogens with zero attached hydrogens (tertiary/aromatic N) is 3. The van der Waals surface area contributed by atoms with Crippen LogP contribution in [0.1, 0.15) is 35.9 Å². The molecule has 0 spiro atoms. The van der Waals surface area contributed by atoms with Gasteiger partial charge in [-0.1, -0.05) is 23.2 Å². The van der Waals surface area contributed by atoms with E-state index in [2.05, 4.69) is 14.9 Å². The van der Waals surface area contributed by atoms with Gasteiger partial charge in [0.05, 0.1) is 19.4 Å². The van der Waals surface area contributed by atoms with Crippen molar-refractivity contribution in [2.75, 3.05) is 19.6 Å². The molecule has 0 radical (unpaired) electrons. The first-order valence-electron chi connectivity index (χ1n) is 10.7. The summed E-state index contributed by atoms with van der Waals surface area (Å²) in [4.78, 5) is 30.8. The summed E-state index contributed by atoms with van der Waals surface area (Å²) in [6, 6.07) is 8.92. The fourth-order valence-electron chi connectivity index (χ4n) is 3.93. The number of imidazole rings is 1. The van der Waals surface area contributed by atoms with Crippen LogP contribution in [0.4, 0.5) is 0 Å². The molecule has 4 rings (SSSR count). The van der Waals surface area contributed by atoms with Gasteiger partial charge in [0.1, 0.15) is 11.6 Å². The summed E-state index contributed by atoms with van der Waals surface area (Å²) in [5.74, 6) is 1.37. The number of nitrogens with one attached hydrogen (secondary N) is 1. The topological polar surface area (TPSA) is 80.4 Å². The number of halogens is 2. The zero-order chi connectivity index (χ0) is 23.2. The van der Waals surface area contributed by atoms with Gasteiger partial charge in [0.25, 0.3) is 0 Å². The van der Waals surface area contributed by atoms with E-state index in [1.54, 1.807) is 41.4 Å². The van der Waals surface area contributed by atoms with E-state index >= 15 is 0 Å². The predicted octanol–water partition coefficient (Wildman–Crippen LogP) is 4.37. The van der Waals surface area contributed by atoms with Crippen molar-refractivity contribution in [3.63, 3.8) is 0 Å². The van der Waals surface area contributed by atoms with Gasteiger partial charge in [0, 0.05) is 47.5 Å². The maximum Gasteiger partial charge on any atom is 0.244 e. The first-order valence-corrected chi connectivity index (χ1v) is 11.5. The second kappa shape index (κ2) is 10.7. The van der Waals surface area contributed by atoms with E-state index in [4.69, 9.17) is 27.6 Å². The summed E-state index contributed by atoms with van der Waals surface area (Å²) in [5.41, 5.74) is 0.938. The maximum absolute atomic E-state index is 12.5. The van der Waals surface area contributed by atoms with E-state index < -0.39 is 0 Å². The highest BCUT2D eigenvalue weighted by atomic mass is 35.5. The van der Waals surface area contributed by atoms with Gasteiger partial charge in [-0.3, -0.25) is 9.59 Å². The Labute approximate surface area is 202 Å². The number of aromatic nitrogens is 2. The molecule has 3 heterocycles. The monoisotopic (exact) mass is 486 g/mol. The number of likely N-dealkylation sites (tertiary alicyclic amines) is 1. The number of amides is 2. The summed E-state index contributed by atoms with van der Waals surface area (Å²) >= 11 is 12.4. The van der Waals surface area contributed by atoms with Crippen LogP contribution in [0, 0.1) is 0 Å². The molecule has 0 bridgehead atoms. The van der Waals surface area contributed by atoms with Gasteiger partial charge in [-0.15, -0.1) is 0 Å². The number of carbonyl (C=O) groups is 2. The van der Waals surface area contributed by atoms with Gasteiger partial charge >= 0.3 is 0 Å². The Morgan fingerprint density at radius 3 is 2.79 bits per heavy atom. The van der Waals surface area contributed by atoms with E-state index in [0.29, 0.717) is 35.4 Å². The Bertz CT molecular complexity index is 1130. The average Bonchev–Trinajstić information content (AvgIpc) is 3.51. The van der Waals surface area contributed by atoms with Crippen LogP contribution in [0.2, 0.25) is 10.0 Å². The van der Waals surface area contributed by atoms with Crippen LogP contribution in [-0.4, -0.2) is 45.9 Å². The fourth-order valence-corrected chi connectivity index (χ4v) is 4.30. The molecule has 0 aliphatic carbocycles. The Morgan fingerprint density at radius 1 is 1.21 bits per heavy atom. The van der Waals surface area contributed by atoms with Gasteiger partial charge in [-0.2, -0.15) is 0 Å². The molecule has 3 aromatic rings. The van der Waals surface area contributed by atoms with E-state index in [0.717, 1.165) is 24.2 Å². The summed E-state index contributed by atoms with van der Waals surface area (Å²) < 4.78 is 7.23. The third-order valence-corrected chi connectivity index (χ3v) is 6.27. The van der Waals surface area contributed by atoms with Crippen LogP contribution >= 0.6 is 23.2 Å². The van der Waals surface area contributed by atoms with Crippen molar-refractivity contribution in [2.45, 2.75) is 25.3 Å². The Hall–Kier alpha value is -3.03. The molecule has 0 saturated carbocycles. The number of hydrogen-bond donors (Lipinski definition) is 1. The molecule has 2 aromatic heterocycles. The molecular weight excluding hydrogens is 463 g/mol. The van der Waals surface area contributed by atoms with Crippen LogP contribution in [0.25, 0.3) is 6.08 Å². The van der Waals surface area contributed by atoms with E-state index in [1.165, 1.54) is 12.3 Å². The summed E-state index contributed by atoms with van der Waals surface area (Å²) in [5, 5.41) is 3.94. The second-order valence-electron chi connectivity index (χ2n) is 7.87. The van der Waals surface area contributed by atoms with Gasteiger partial charge in [0.15, 0.2) is 0 Å². The van der Waals surface area contributed by atoms with Crippen molar-refractivity contribution in [2.24, 2.45) is 0 Å². The number of rotatable bonds is 7. The molecule has 33 heavy (non-hydrogen) atoms. The molecule has 0 unspecified atom stereocenters. The zero-order valence-corrected chi connectivity index (χ0v) is 19.4. The average molecular weight is 487 g/mol. The van der Waals surface area contributed by atoms with Crippen LogP contribution in [0.3, 0.4) is 0 Å². The Morgan fingerprint density at radius 2 is 2.03 bits per heavy atom. The molecular formula is C24H24Cl2N4O3. The summed E-state index contributed by atoms with van der Waals surface area (Å²) in [6.07, 6.45) is 9.78. The number of hydrogen-bond acceptors (Lipinski definition) is 4. The molecule has 1 fully saturated rings. The predicted molar refractivity (Wildman–Crippen MR) is 127 cm³/mol. The number of benzene rings is 1. The molecule has 1 saturated heterocycles. The van der Waals surface area contributed by atoms with Gasteiger partial charge in [-0.25, -0.2) is 4.98 Å². The first kappa shape index (κ1) is 23.1. The largest absolute Gasteiger partial charge is 0.465 e. The molecule has 9 heteroatoms. The first-order chi connectivity index (χ1) is 16.0. The SMILES string of the molecule is O=C(C=Cc1ccco1)NCC(=O)N1CCC(c2nccn2Cc2cc(Cl)ccc2Cl)CC1. The maximum atomic E-state index is 12.5. The molecule has 1 aromatic carbocycles. The van der Waals surface area contributed by atoms with Crippen LogP contribution in [0.15, 0.2) is 59.5 Å². The van der Waals surface area contributed by atoms with Gasteiger partial charge in [-0.05, 0) is 54.8 Å². The lowest BCUT2D eigenvalue weighted by molar-refractivity contribution is -0.133. The molecule has 7 nitrogen and oxygen atoms in total. The molecule has 1 N–H and O–H groups in total. The molecule has 0 atom stereocenters. The smallest absolute Gasteiger partial charge is 0.244 e. The van der Waals surface area contributed by atoms with Crippen molar-refractivity contribution < 1.29 is 14.0 Å². The lowest BCUT2D eigenvalue weighted by atomic mass is 9.95. The third kappa shape index (κ3) is 6.06. The van der Waals surface area contributed by atoms with Crippen LogP contribution < -0.4 is 5.32 Å². The molecule has 172 valence electrons. The van der Waals surface area contributed by atoms with Crippen molar-refractivity contribution in [3.05, 3.63) is 82.3 Å². The van der Waals surface area contributed by atoms with Crippen LogP contribution in [-0.2, 0) is 16.1 Å². The second-order valence-corrected chi connectivity index (χ2v) is 8.71. The quantitative estimate of drug-likeness (QED) is 0.502. The normalized spacial score (nSPS) is 14.7. The number of carbonyl (C=O) groups excluding carboxylic acids is 2. The van der Waals surface area contributed by atoms with Crippen molar-refractivity contribution in [1.29, 1.82) is 0 Å². The summed E-state index contributed by atoms with van der Waals surface area (Å²) in [6.45, 7) is 1.79. The van der Waals surface area contributed by atoms with E-state index in [9.17, 15) is 9.59 Å². The Kier molecular flexibility index (Phi) is 7.52. The molecule has 2 amide bonds. The van der Waals surface area contributed by atoms with E-state index in [1.807, 2.05) is 12.3 Å². The highest BCUT2D eigenvalue weighted by molar-refractivity contribution is 6.33. The molecule has 1 aliphatic rings.